The van der Waals surface area contributed by atoms with E-state index in [4.69, 9.17) is 17.2 Å². The predicted molar refractivity (Wildman–Crippen MR) is 132 cm³/mol. The van der Waals surface area contributed by atoms with Crippen LogP contribution in [0.3, 0.4) is 0 Å². The van der Waals surface area contributed by atoms with Crippen molar-refractivity contribution in [2.45, 2.75) is 0 Å². The highest BCUT2D eigenvalue weighted by Crippen LogP contribution is 2.40. The van der Waals surface area contributed by atoms with Crippen molar-refractivity contribution >= 4 is 62.6 Å². The summed E-state index contributed by atoms with van der Waals surface area (Å²) < 4.78 is 0. The van der Waals surface area contributed by atoms with Crippen molar-refractivity contribution in [2.75, 3.05) is 38.5 Å². The summed E-state index contributed by atoms with van der Waals surface area (Å²) in [4.78, 5) is 0. The molecule has 0 amide bonds. The second-order valence-electron chi connectivity index (χ2n) is 7.45. The molecular weight excluding hydrogens is 386 g/mol. The van der Waals surface area contributed by atoms with E-state index in [1.54, 1.807) is 0 Å². The van der Waals surface area contributed by atoms with Crippen molar-refractivity contribution in [1.29, 1.82) is 0 Å². The van der Waals surface area contributed by atoms with E-state index < -0.39 is 0 Å². The summed E-state index contributed by atoms with van der Waals surface area (Å²) in [7, 11) is 0. The molecule has 0 atom stereocenters. The molecule has 10 N–H and O–H groups in total. The fourth-order valence-corrected chi connectivity index (χ4v) is 3.55. The van der Waals surface area contributed by atoms with Crippen LogP contribution in [0.2, 0.25) is 0 Å². The molecular formula is C24H23N7. The van der Waals surface area contributed by atoms with E-state index in [1.165, 1.54) is 0 Å². The molecule has 4 aromatic rings. The van der Waals surface area contributed by atoms with E-state index in [0.29, 0.717) is 17.1 Å². The number of anilines is 11. The SMILES string of the molecule is Nc1ccc(Nc2cc(N)c(Nc3ccc4c(c3)Nc3ccccc3N4)cc2N)cc1. The first-order valence-corrected chi connectivity index (χ1v) is 9.91. The van der Waals surface area contributed by atoms with Crippen molar-refractivity contribution in [3.63, 3.8) is 0 Å². The number of benzene rings is 4. The summed E-state index contributed by atoms with van der Waals surface area (Å²) in [6.07, 6.45) is 0. The molecule has 0 unspecified atom stereocenters. The zero-order valence-electron chi connectivity index (χ0n) is 16.7. The lowest BCUT2D eigenvalue weighted by atomic mass is 10.1. The molecule has 0 bridgehead atoms. The van der Waals surface area contributed by atoms with E-state index >= 15 is 0 Å². The van der Waals surface area contributed by atoms with Crippen molar-refractivity contribution in [1.82, 2.24) is 0 Å². The summed E-state index contributed by atoms with van der Waals surface area (Å²) in [6, 6.07) is 25.2. The lowest BCUT2D eigenvalue weighted by molar-refractivity contribution is 1.44. The highest BCUT2D eigenvalue weighted by atomic mass is 15.0. The third-order valence-electron chi connectivity index (χ3n) is 5.18. The average Bonchev–Trinajstić information content (AvgIpc) is 2.77. The van der Waals surface area contributed by atoms with Gasteiger partial charge in [-0.1, -0.05) is 12.1 Å². The molecule has 0 saturated carbocycles. The molecule has 0 spiro atoms. The summed E-state index contributed by atoms with van der Waals surface area (Å²) in [5.41, 5.74) is 27.6. The monoisotopic (exact) mass is 409 g/mol. The fourth-order valence-electron chi connectivity index (χ4n) is 3.55. The van der Waals surface area contributed by atoms with Gasteiger partial charge in [-0.05, 0) is 66.7 Å². The second kappa shape index (κ2) is 7.38. The van der Waals surface area contributed by atoms with Crippen LogP contribution in [0.15, 0.2) is 78.9 Å². The van der Waals surface area contributed by atoms with E-state index in [2.05, 4.69) is 21.3 Å². The normalized spacial score (nSPS) is 11.5. The molecule has 4 aromatic carbocycles. The summed E-state index contributed by atoms with van der Waals surface area (Å²) in [5.74, 6) is 0. The maximum absolute atomic E-state index is 6.31. The summed E-state index contributed by atoms with van der Waals surface area (Å²) >= 11 is 0. The quantitative estimate of drug-likeness (QED) is 0.189. The lowest BCUT2D eigenvalue weighted by Gasteiger charge is -2.24. The van der Waals surface area contributed by atoms with Gasteiger partial charge >= 0.3 is 0 Å². The standard InChI is InChI=1S/C24H23N7/c25-14-5-7-15(8-6-14)28-22-12-18(27)23(13-17(22)26)29-16-9-10-21-24(11-16)31-20-4-2-1-3-19(20)30-21/h1-13,28-31H,25-27H2. The Bertz CT molecular complexity index is 1270. The highest BCUT2D eigenvalue weighted by molar-refractivity contribution is 5.92. The Balaban J connectivity index is 1.37. The zero-order chi connectivity index (χ0) is 21.4. The van der Waals surface area contributed by atoms with Gasteiger partial charge in [0.1, 0.15) is 0 Å². The van der Waals surface area contributed by atoms with Crippen LogP contribution in [0.25, 0.3) is 0 Å². The van der Waals surface area contributed by atoms with E-state index in [9.17, 15) is 0 Å². The maximum Gasteiger partial charge on any atom is 0.0644 e. The molecule has 7 heteroatoms. The van der Waals surface area contributed by atoms with E-state index in [1.807, 2.05) is 78.9 Å². The number of nitrogens with one attached hydrogen (secondary N) is 4. The Morgan fingerprint density at radius 1 is 0.516 bits per heavy atom. The minimum absolute atomic E-state index is 0.584. The number of para-hydroxylation sites is 2. The molecule has 7 nitrogen and oxygen atoms in total. The van der Waals surface area contributed by atoms with E-state index in [-0.39, 0.29) is 0 Å². The molecule has 31 heavy (non-hydrogen) atoms. The van der Waals surface area contributed by atoms with Crippen molar-refractivity contribution in [3.05, 3.63) is 78.9 Å². The van der Waals surface area contributed by atoms with Crippen LogP contribution in [0.4, 0.5) is 62.6 Å². The van der Waals surface area contributed by atoms with Crippen molar-refractivity contribution in [3.8, 4) is 0 Å². The summed E-state index contributed by atoms with van der Waals surface area (Å²) in [5, 5.41) is 13.5. The fraction of sp³-hybridized carbons (Fsp3) is 0. The van der Waals surface area contributed by atoms with Crippen molar-refractivity contribution < 1.29 is 0 Å². The first-order valence-electron chi connectivity index (χ1n) is 9.91. The molecule has 1 aliphatic heterocycles. The van der Waals surface area contributed by atoms with Gasteiger partial charge in [0.2, 0.25) is 0 Å². The van der Waals surface area contributed by atoms with Gasteiger partial charge in [-0.2, -0.15) is 0 Å². The van der Waals surface area contributed by atoms with Gasteiger partial charge in [-0.15, -0.1) is 0 Å². The van der Waals surface area contributed by atoms with Gasteiger partial charge in [0.15, 0.2) is 0 Å². The van der Waals surface area contributed by atoms with Crippen LogP contribution >= 0.6 is 0 Å². The van der Waals surface area contributed by atoms with Crippen LogP contribution in [-0.4, -0.2) is 0 Å². The highest BCUT2D eigenvalue weighted by Gasteiger charge is 2.14. The van der Waals surface area contributed by atoms with Crippen LogP contribution < -0.4 is 38.5 Å². The van der Waals surface area contributed by atoms with Crippen LogP contribution in [0.1, 0.15) is 0 Å². The van der Waals surface area contributed by atoms with Gasteiger partial charge in [0.25, 0.3) is 0 Å². The zero-order valence-corrected chi connectivity index (χ0v) is 16.7. The molecule has 0 aromatic heterocycles. The molecule has 1 aliphatic rings. The number of nitrogens with two attached hydrogens (primary N) is 3. The Kier molecular flexibility index (Phi) is 4.41. The van der Waals surface area contributed by atoms with Gasteiger partial charge < -0.3 is 38.5 Å². The third kappa shape index (κ3) is 3.72. The van der Waals surface area contributed by atoms with Crippen molar-refractivity contribution in [2.24, 2.45) is 0 Å². The molecule has 0 radical (unpaired) electrons. The molecule has 0 fully saturated rings. The minimum Gasteiger partial charge on any atom is -0.399 e. The Morgan fingerprint density at radius 3 is 1.68 bits per heavy atom. The predicted octanol–water partition coefficient (Wildman–Crippen LogP) is 5.72. The topological polar surface area (TPSA) is 126 Å². The van der Waals surface area contributed by atoms with Gasteiger partial charge in [0, 0.05) is 17.1 Å². The van der Waals surface area contributed by atoms with Crippen LogP contribution in [0, 0.1) is 0 Å². The van der Waals surface area contributed by atoms with Crippen LogP contribution in [-0.2, 0) is 0 Å². The minimum atomic E-state index is 0.584. The molecule has 0 saturated heterocycles. The lowest BCUT2D eigenvalue weighted by Crippen LogP contribution is -2.07. The van der Waals surface area contributed by atoms with Crippen LogP contribution in [0.5, 0.6) is 0 Å². The second-order valence-corrected chi connectivity index (χ2v) is 7.45. The first kappa shape index (κ1) is 18.5. The number of fused-ring (bicyclic) bond motifs is 2. The maximum atomic E-state index is 6.31. The Labute approximate surface area is 180 Å². The van der Waals surface area contributed by atoms with Gasteiger partial charge in [0.05, 0.1) is 45.5 Å². The first-order chi connectivity index (χ1) is 15.0. The number of hydrogen-bond donors (Lipinski definition) is 7. The molecule has 5 rings (SSSR count). The Morgan fingerprint density at radius 2 is 1.03 bits per heavy atom. The van der Waals surface area contributed by atoms with Gasteiger partial charge in [-0.3, -0.25) is 0 Å². The third-order valence-corrected chi connectivity index (χ3v) is 5.18. The number of hydrogen-bond acceptors (Lipinski definition) is 7. The largest absolute Gasteiger partial charge is 0.399 e. The molecule has 1 heterocycles. The average molecular weight is 409 g/mol. The smallest absolute Gasteiger partial charge is 0.0644 e. The number of rotatable bonds is 4. The van der Waals surface area contributed by atoms with E-state index in [0.717, 1.165) is 45.5 Å². The van der Waals surface area contributed by atoms with Gasteiger partial charge in [-0.25, -0.2) is 0 Å². The molecule has 0 aliphatic carbocycles. The summed E-state index contributed by atoms with van der Waals surface area (Å²) in [6.45, 7) is 0. The molecule has 154 valence electrons. The Hall–Kier alpha value is -4.52. The number of nitrogen functional groups attached to an aromatic ring is 3.